The maximum atomic E-state index is 12.6. The Balaban J connectivity index is 2.19. The number of rotatable bonds is 1. The van der Waals surface area contributed by atoms with Crippen molar-refractivity contribution in [1.29, 1.82) is 0 Å². The Hall–Kier alpha value is -2.50. The second kappa shape index (κ2) is 4.80. The Morgan fingerprint density at radius 3 is 2.76 bits per heavy atom. The quantitative estimate of drug-likeness (QED) is 0.626. The number of aromatic nitrogens is 2. The summed E-state index contributed by atoms with van der Waals surface area (Å²) in [6.45, 7) is 1.69. The van der Waals surface area contributed by atoms with Crippen LogP contribution in [0.3, 0.4) is 0 Å². The van der Waals surface area contributed by atoms with E-state index in [1.165, 1.54) is 4.57 Å². The Morgan fingerprint density at radius 1 is 1.29 bits per heavy atom. The van der Waals surface area contributed by atoms with E-state index in [-0.39, 0.29) is 23.5 Å². The highest BCUT2D eigenvalue weighted by Crippen LogP contribution is 2.24. The van der Waals surface area contributed by atoms with Gasteiger partial charge in [-0.25, -0.2) is 4.98 Å². The number of nitrogen functional groups attached to an aromatic ring is 1. The first-order valence-electron chi connectivity index (χ1n) is 6.80. The van der Waals surface area contributed by atoms with Crippen LogP contribution in [-0.2, 0) is 9.59 Å². The zero-order valence-corrected chi connectivity index (χ0v) is 11.6. The third-order valence-electron chi connectivity index (χ3n) is 3.85. The van der Waals surface area contributed by atoms with Gasteiger partial charge in [0, 0.05) is 12.1 Å². The number of nitrogens with zero attached hydrogens (tertiary/aromatic N) is 2. The Bertz CT molecular complexity index is 823. The first-order chi connectivity index (χ1) is 9.97. The Morgan fingerprint density at radius 2 is 2.05 bits per heavy atom. The lowest BCUT2D eigenvalue weighted by Gasteiger charge is -2.23. The number of hydrogen-bond donors (Lipinski definition) is 1. The number of carbonyl (C=O) groups is 2. The molecule has 1 aromatic heterocycles. The molecule has 21 heavy (non-hydrogen) atoms. The molecule has 6 heteroatoms. The van der Waals surface area contributed by atoms with Crippen molar-refractivity contribution in [2.24, 2.45) is 0 Å². The molecule has 1 atom stereocenters. The molecule has 3 rings (SSSR count). The van der Waals surface area contributed by atoms with Gasteiger partial charge in [-0.15, -0.1) is 0 Å². The van der Waals surface area contributed by atoms with Crippen LogP contribution in [0.15, 0.2) is 23.0 Å². The van der Waals surface area contributed by atoms with E-state index in [2.05, 4.69) is 4.98 Å². The summed E-state index contributed by atoms with van der Waals surface area (Å²) in [5.74, 6) is 0.183. The highest BCUT2D eigenvalue weighted by Gasteiger charge is 2.30. The summed E-state index contributed by atoms with van der Waals surface area (Å²) in [5, 5.41) is 0.430. The molecule has 108 valence electrons. The molecule has 0 amide bonds. The van der Waals surface area contributed by atoms with E-state index in [0.29, 0.717) is 35.3 Å². The van der Waals surface area contributed by atoms with Crippen molar-refractivity contribution in [2.45, 2.75) is 32.2 Å². The molecule has 1 fully saturated rings. The third-order valence-corrected chi connectivity index (χ3v) is 3.85. The average Bonchev–Trinajstić information content (AvgIpc) is 2.40. The van der Waals surface area contributed by atoms with Crippen molar-refractivity contribution in [3.63, 3.8) is 0 Å². The molecule has 1 heterocycles. The van der Waals surface area contributed by atoms with Gasteiger partial charge in [-0.1, -0.05) is 0 Å². The molecule has 0 spiro atoms. The highest BCUT2D eigenvalue weighted by atomic mass is 16.2. The fourth-order valence-electron chi connectivity index (χ4n) is 2.83. The lowest BCUT2D eigenvalue weighted by atomic mass is 9.92. The smallest absolute Gasteiger partial charge is 0.262 e. The number of anilines is 1. The normalized spacial score (nSPS) is 19.2. The monoisotopic (exact) mass is 285 g/mol. The number of ketones is 2. The lowest BCUT2D eigenvalue weighted by molar-refractivity contribution is -0.132. The third kappa shape index (κ3) is 2.22. The van der Waals surface area contributed by atoms with Crippen LogP contribution < -0.4 is 11.3 Å². The summed E-state index contributed by atoms with van der Waals surface area (Å²) in [6, 6.07) is 4.30. The van der Waals surface area contributed by atoms with E-state index in [1.807, 2.05) is 0 Å². The van der Waals surface area contributed by atoms with E-state index in [0.717, 1.165) is 0 Å². The maximum Gasteiger partial charge on any atom is 0.262 e. The molecular weight excluding hydrogens is 270 g/mol. The number of nitrogens with two attached hydrogens (primary N) is 1. The summed E-state index contributed by atoms with van der Waals surface area (Å²) in [7, 11) is 0. The summed E-state index contributed by atoms with van der Waals surface area (Å²) in [4.78, 5) is 40.4. The number of hydrogen-bond acceptors (Lipinski definition) is 5. The molecule has 2 N–H and O–H groups in total. The second-order valence-corrected chi connectivity index (χ2v) is 5.35. The topological polar surface area (TPSA) is 95.0 Å². The zero-order chi connectivity index (χ0) is 15.1. The van der Waals surface area contributed by atoms with Gasteiger partial charge in [0.15, 0.2) is 5.78 Å². The molecule has 1 unspecified atom stereocenters. The minimum Gasteiger partial charge on any atom is -0.399 e. The molecule has 1 saturated carbocycles. The molecule has 0 aliphatic heterocycles. The highest BCUT2D eigenvalue weighted by molar-refractivity contribution is 6.03. The van der Waals surface area contributed by atoms with E-state index >= 15 is 0 Å². The minimum absolute atomic E-state index is 0.0662. The van der Waals surface area contributed by atoms with Gasteiger partial charge in [0.25, 0.3) is 5.56 Å². The Kier molecular flexibility index (Phi) is 3.08. The van der Waals surface area contributed by atoms with Crippen LogP contribution in [0, 0.1) is 6.92 Å². The van der Waals surface area contributed by atoms with Crippen molar-refractivity contribution in [1.82, 2.24) is 9.55 Å². The molecule has 1 aliphatic rings. The number of carbonyl (C=O) groups excluding carboxylic acids is 2. The Labute approximate surface area is 120 Å². The first kappa shape index (κ1) is 13.5. The van der Waals surface area contributed by atoms with Gasteiger partial charge >= 0.3 is 0 Å². The van der Waals surface area contributed by atoms with Crippen LogP contribution >= 0.6 is 0 Å². The summed E-state index contributed by atoms with van der Waals surface area (Å²) in [5.41, 5.74) is 6.50. The van der Waals surface area contributed by atoms with Crippen LogP contribution in [0.25, 0.3) is 10.9 Å². The van der Waals surface area contributed by atoms with Crippen molar-refractivity contribution in [3.8, 4) is 0 Å². The van der Waals surface area contributed by atoms with E-state index in [9.17, 15) is 14.4 Å². The van der Waals surface area contributed by atoms with Crippen LogP contribution in [0.4, 0.5) is 5.69 Å². The molecule has 0 saturated heterocycles. The van der Waals surface area contributed by atoms with Gasteiger partial charge < -0.3 is 5.73 Å². The molecule has 0 bridgehead atoms. The largest absolute Gasteiger partial charge is 0.399 e. The predicted octanol–water partition coefficient (Wildman–Crippen LogP) is 1.15. The van der Waals surface area contributed by atoms with Crippen LogP contribution in [0.5, 0.6) is 0 Å². The fraction of sp³-hybridized carbons (Fsp3) is 0.333. The van der Waals surface area contributed by atoms with Crippen LogP contribution in [-0.4, -0.2) is 21.1 Å². The average molecular weight is 285 g/mol. The van der Waals surface area contributed by atoms with Crippen molar-refractivity contribution >= 4 is 28.2 Å². The van der Waals surface area contributed by atoms with Crippen molar-refractivity contribution in [2.75, 3.05) is 5.73 Å². The molecule has 2 aromatic rings. The standard InChI is InChI=1S/C15H15N3O3/c1-8-17-12-6-9(16)2-4-11(12)15(21)18(8)13-5-3-10(19)7-14(13)20/h2,4,6,13H,3,5,7,16H2,1H3. The first-order valence-corrected chi connectivity index (χ1v) is 6.80. The molecule has 0 radical (unpaired) electrons. The summed E-state index contributed by atoms with van der Waals surface area (Å²) >= 11 is 0. The van der Waals surface area contributed by atoms with Gasteiger partial charge in [-0.2, -0.15) is 0 Å². The lowest BCUT2D eigenvalue weighted by Crippen LogP contribution is -2.36. The van der Waals surface area contributed by atoms with E-state index in [4.69, 9.17) is 5.73 Å². The van der Waals surface area contributed by atoms with Gasteiger partial charge in [-0.3, -0.25) is 19.0 Å². The van der Waals surface area contributed by atoms with E-state index < -0.39 is 6.04 Å². The SMILES string of the molecule is Cc1nc2cc(N)ccc2c(=O)n1C1CCC(=O)CC1=O. The number of fused-ring (bicyclic) bond motifs is 1. The molecule has 1 aromatic carbocycles. The maximum absolute atomic E-state index is 12.6. The fourth-order valence-corrected chi connectivity index (χ4v) is 2.83. The zero-order valence-electron chi connectivity index (χ0n) is 11.6. The van der Waals surface area contributed by atoms with E-state index in [1.54, 1.807) is 25.1 Å². The van der Waals surface area contributed by atoms with Gasteiger partial charge in [-0.05, 0) is 31.5 Å². The minimum atomic E-state index is -0.593. The molecule has 1 aliphatic carbocycles. The van der Waals surface area contributed by atoms with Gasteiger partial charge in [0.2, 0.25) is 0 Å². The van der Waals surface area contributed by atoms with Gasteiger partial charge in [0.05, 0.1) is 23.4 Å². The summed E-state index contributed by atoms with van der Waals surface area (Å²) < 4.78 is 1.41. The molecular formula is C15H15N3O3. The van der Waals surface area contributed by atoms with Crippen LogP contribution in [0.2, 0.25) is 0 Å². The van der Waals surface area contributed by atoms with Gasteiger partial charge in [0.1, 0.15) is 11.6 Å². The summed E-state index contributed by atoms with van der Waals surface area (Å²) in [6.07, 6.45) is 0.582. The van der Waals surface area contributed by atoms with Crippen molar-refractivity contribution < 1.29 is 9.59 Å². The predicted molar refractivity (Wildman–Crippen MR) is 78.1 cm³/mol. The number of benzene rings is 1. The second-order valence-electron chi connectivity index (χ2n) is 5.35. The molecule has 6 nitrogen and oxygen atoms in total. The van der Waals surface area contributed by atoms with Crippen molar-refractivity contribution in [3.05, 3.63) is 34.4 Å². The number of Topliss-reactive ketones (excluding diaryl/α,β-unsaturated/α-hetero) is 2. The number of aryl methyl sites for hydroxylation is 1. The van der Waals surface area contributed by atoms with Crippen LogP contribution in [0.1, 0.15) is 31.1 Å².